The molecule has 1 fully saturated rings. The number of ether oxygens (including phenoxy) is 1. The maximum absolute atomic E-state index is 11.4. The van der Waals surface area contributed by atoms with Crippen molar-refractivity contribution in [2.75, 3.05) is 39.8 Å². The van der Waals surface area contributed by atoms with E-state index in [9.17, 15) is 4.79 Å². The van der Waals surface area contributed by atoms with Gasteiger partial charge in [0.15, 0.2) is 5.96 Å². The second-order valence-corrected chi connectivity index (χ2v) is 6.46. The summed E-state index contributed by atoms with van der Waals surface area (Å²) in [6.45, 7) is 6.05. The summed E-state index contributed by atoms with van der Waals surface area (Å²) in [5.41, 5.74) is 1.33. The molecule has 1 aromatic carbocycles. The number of aliphatic imine (C=N–C) groups is 1. The number of benzene rings is 1. The van der Waals surface area contributed by atoms with Gasteiger partial charge in [-0.1, -0.05) is 30.3 Å². The van der Waals surface area contributed by atoms with Crippen LogP contribution in [0, 0.1) is 0 Å². The van der Waals surface area contributed by atoms with Crippen LogP contribution in [-0.4, -0.2) is 56.7 Å². The number of hydrogen-bond acceptors (Lipinski definition) is 4. The van der Waals surface area contributed by atoms with E-state index in [0.29, 0.717) is 25.6 Å². The Morgan fingerprint density at radius 2 is 1.96 bits per heavy atom. The van der Waals surface area contributed by atoms with Gasteiger partial charge >= 0.3 is 5.97 Å². The SMILES string of the molecule is CCOC(=O)CCCNC(=NC)NCC(c1ccccc1)N1CCCC1. The number of nitrogens with one attached hydrogen (secondary N) is 2. The standard InChI is InChI=1S/C20H32N4O2/c1-3-26-19(25)12-9-13-22-20(21-2)23-16-18(24-14-7-8-15-24)17-10-5-4-6-11-17/h4-6,10-11,18H,3,7-9,12-16H2,1-2H3,(H2,21,22,23). The third-order valence-corrected chi connectivity index (χ3v) is 4.61. The van der Waals surface area contributed by atoms with E-state index in [1.54, 1.807) is 7.05 Å². The molecule has 6 nitrogen and oxygen atoms in total. The molecule has 26 heavy (non-hydrogen) atoms. The zero-order chi connectivity index (χ0) is 18.6. The lowest BCUT2D eigenvalue weighted by Crippen LogP contribution is -2.43. The molecule has 1 aliphatic rings. The Labute approximate surface area is 157 Å². The first-order valence-electron chi connectivity index (χ1n) is 9.63. The minimum atomic E-state index is -0.143. The van der Waals surface area contributed by atoms with Gasteiger partial charge in [0.25, 0.3) is 0 Å². The second kappa shape index (κ2) is 11.5. The molecular formula is C20H32N4O2. The fraction of sp³-hybridized carbons (Fsp3) is 0.600. The fourth-order valence-electron chi connectivity index (χ4n) is 3.27. The van der Waals surface area contributed by atoms with Gasteiger partial charge in [0.2, 0.25) is 0 Å². The molecule has 0 aliphatic carbocycles. The molecule has 2 N–H and O–H groups in total. The highest BCUT2D eigenvalue weighted by molar-refractivity contribution is 5.79. The maximum Gasteiger partial charge on any atom is 0.305 e. The highest BCUT2D eigenvalue weighted by Crippen LogP contribution is 2.24. The van der Waals surface area contributed by atoms with Crippen LogP contribution in [0.3, 0.4) is 0 Å². The fourth-order valence-corrected chi connectivity index (χ4v) is 3.27. The number of carbonyl (C=O) groups is 1. The minimum absolute atomic E-state index is 0.143. The Kier molecular flexibility index (Phi) is 8.96. The molecule has 1 aromatic rings. The van der Waals surface area contributed by atoms with E-state index in [1.165, 1.54) is 18.4 Å². The van der Waals surface area contributed by atoms with Gasteiger partial charge in [0.05, 0.1) is 12.6 Å². The monoisotopic (exact) mass is 360 g/mol. The predicted octanol–water partition coefficient (Wildman–Crippen LogP) is 2.33. The number of rotatable bonds is 9. The highest BCUT2D eigenvalue weighted by Gasteiger charge is 2.23. The van der Waals surface area contributed by atoms with Crippen molar-refractivity contribution in [3.8, 4) is 0 Å². The first-order valence-corrected chi connectivity index (χ1v) is 9.63. The van der Waals surface area contributed by atoms with Gasteiger partial charge < -0.3 is 15.4 Å². The summed E-state index contributed by atoms with van der Waals surface area (Å²) in [5.74, 6) is 0.629. The molecule has 0 spiro atoms. The van der Waals surface area contributed by atoms with Crippen molar-refractivity contribution in [2.24, 2.45) is 4.99 Å². The van der Waals surface area contributed by atoms with Gasteiger partial charge in [-0.25, -0.2) is 0 Å². The van der Waals surface area contributed by atoms with Crippen molar-refractivity contribution in [2.45, 2.75) is 38.6 Å². The van der Waals surface area contributed by atoms with Crippen LogP contribution in [0.15, 0.2) is 35.3 Å². The Morgan fingerprint density at radius 1 is 1.23 bits per heavy atom. The molecule has 1 saturated heterocycles. The van der Waals surface area contributed by atoms with E-state index in [-0.39, 0.29) is 5.97 Å². The summed E-state index contributed by atoms with van der Waals surface area (Å²) in [4.78, 5) is 18.2. The third-order valence-electron chi connectivity index (χ3n) is 4.61. The summed E-state index contributed by atoms with van der Waals surface area (Å²) >= 11 is 0. The number of esters is 1. The molecular weight excluding hydrogens is 328 g/mol. The molecule has 1 unspecified atom stereocenters. The number of likely N-dealkylation sites (tertiary alicyclic amines) is 1. The molecule has 0 aromatic heterocycles. The van der Waals surface area contributed by atoms with Crippen LogP contribution < -0.4 is 10.6 Å². The van der Waals surface area contributed by atoms with E-state index >= 15 is 0 Å². The summed E-state index contributed by atoms with van der Waals surface area (Å²) in [6.07, 6.45) is 3.69. The van der Waals surface area contributed by atoms with E-state index in [4.69, 9.17) is 4.74 Å². The van der Waals surface area contributed by atoms with Crippen molar-refractivity contribution >= 4 is 11.9 Å². The Morgan fingerprint density at radius 3 is 2.62 bits per heavy atom. The van der Waals surface area contributed by atoms with E-state index < -0.39 is 0 Å². The van der Waals surface area contributed by atoms with Crippen LogP contribution in [0.25, 0.3) is 0 Å². The summed E-state index contributed by atoms with van der Waals surface area (Å²) in [7, 11) is 1.77. The van der Waals surface area contributed by atoms with Crippen LogP contribution in [0.1, 0.15) is 44.2 Å². The van der Waals surface area contributed by atoms with Gasteiger partial charge in [0.1, 0.15) is 0 Å². The van der Waals surface area contributed by atoms with E-state index in [0.717, 1.165) is 32.0 Å². The molecule has 1 atom stereocenters. The quantitative estimate of drug-likeness (QED) is 0.306. The zero-order valence-electron chi connectivity index (χ0n) is 16.0. The number of carbonyl (C=O) groups excluding carboxylic acids is 1. The second-order valence-electron chi connectivity index (χ2n) is 6.46. The number of hydrogen-bond donors (Lipinski definition) is 2. The molecule has 0 radical (unpaired) electrons. The Balaban J connectivity index is 1.81. The van der Waals surface area contributed by atoms with Crippen LogP contribution in [0.5, 0.6) is 0 Å². The average molecular weight is 361 g/mol. The first-order chi connectivity index (χ1) is 12.7. The molecule has 2 rings (SSSR count). The van der Waals surface area contributed by atoms with Gasteiger partial charge in [-0.05, 0) is 44.8 Å². The van der Waals surface area contributed by atoms with Crippen molar-refractivity contribution < 1.29 is 9.53 Å². The van der Waals surface area contributed by atoms with Gasteiger partial charge in [0, 0.05) is 26.6 Å². The molecule has 0 bridgehead atoms. The van der Waals surface area contributed by atoms with Gasteiger partial charge in [-0.3, -0.25) is 14.7 Å². The molecule has 0 saturated carbocycles. The van der Waals surface area contributed by atoms with Crippen molar-refractivity contribution in [3.63, 3.8) is 0 Å². The van der Waals surface area contributed by atoms with Gasteiger partial charge in [-0.15, -0.1) is 0 Å². The third kappa shape index (κ3) is 6.67. The summed E-state index contributed by atoms with van der Waals surface area (Å²) < 4.78 is 4.94. The van der Waals surface area contributed by atoms with Crippen LogP contribution in [0.2, 0.25) is 0 Å². The lowest BCUT2D eigenvalue weighted by molar-refractivity contribution is -0.143. The molecule has 6 heteroatoms. The summed E-state index contributed by atoms with van der Waals surface area (Å²) in [6, 6.07) is 11.0. The van der Waals surface area contributed by atoms with E-state index in [2.05, 4.69) is 50.9 Å². The van der Waals surface area contributed by atoms with E-state index in [1.807, 2.05) is 6.92 Å². The topological polar surface area (TPSA) is 66.0 Å². The predicted molar refractivity (Wildman–Crippen MR) is 105 cm³/mol. The Bertz CT molecular complexity index is 556. The van der Waals surface area contributed by atoms with Crippen LogP contribution in [-0.2, 0) is 9.53 Å². The molecule has 1 aliphatic heterocycles. The van der Waals surface area contributed by atoms with Gasteiger partial charge in [-0.2, -0.15) is 0 Å². The first kappa shape index (κ1) is 20.2. The molecule has 1 heterocycles. The maximum atomic E-state index is 11.4. The van der Waals surface area contributed by atoms with Crippen molar-refractivity contribution in [3.05, 3.63) is 35.9 Å². The molecule has 144 valence electrons. The van der Waals surface area contributed by atoms with Crippen LogP contribution in [0.4, 0.5) is 0 Å². The average Bonchev–Trinajstić information content (AvgIpc) is 3.19. The minimum Gasteiger partial charge on any atom is -0.466 e. The van der Waals surface area contributed by atoms with Crippen molar-refractivity contribution in [1.82, 2.24) is 15.5 Å². The number of nitrogens with zero attached hydrogens (tertiary/aromatic N) is 2. The van der Waals surface area contributed by atoms with Crippen LogP contribution >= 0.6 is 0 Å². The lowest BCUT2D eigenvalue weighted by Gasteiger charge is -2.29. The largest absolute Gasteiger partial charge is 0.466 e. The Hall–Kier alpha value is -2.08. The summed E-state index contributed by atoms with van der Waals surface area (Å²) in [5, 5.41) is 6.72. The normalized spacial score (nSPS) is 16.3. The molecule has 0 amide bonds. The van der Waals surface area contributed by atoms with Crippen molar-refractivity contribution in [1.29, 1.82) is 0 Å². The number of guanidine groups is 1. The lowest BCUT2D eigenvalue weighted by atomic mass is 10.1. The smallest absolute Gasteiger partial charge is 0.305 e. The zero-order valence-corrected chi connectivity index (χ0v) is 16.0. The highest BCUT2D eigenvalue weighted by atomic mass is 16.5.